The van der Waals surface area contributed by atoms with E-state index in [2.05, 4.69) is 59.5 Å². The summed E-state index contributed by atoms with van der Waals surface area (Å²) in [6.45, 7) is 0. The quantitative estimate of drug-likeness (QED) is 0.580. The lowest BCUT2D eigenvalue weighted by Gasteiger charge is -2.15. The van der Waals surface area contributed by atoms with Crippen molar-refractivity contribution in [3.05, 3.63) is 101 Å². The van der Waals surface area contributed by atoms with Gasteiger partial charge in [0.25, 0.3) is 0 Å². The average Bonchev–Trinajstić information content (AvgIpc) is 3.34. The fourth-order valence-corrected chi connectivity index (χ4v) is 4.14. The molecule has 1 unspecified atom stereocenters. The van der Waals surface area contributed by atoms with E-state index >= 15 is 0 Å². The molecule has 0 bridgehead atoms. The van der Waals surface area contributed by atoms with E-state index < -0.39 is 0 Å². The lowest BCUT2D eigenvalue weighted by Crippen LogP contribution is -2.08. The Morgan fingerprint density at radius 1 is 0.815 bits per heavy atom. The molecule has 0 aliphatic carbocycles. The van der Waals surface area contributed by atoms with Gasteiger partial charge in [-0.15, -0.1) is 0 Å². The highest BCUT2D eigenvalue weighted by atomic mass is 35.5. The molecule has 3 aromatic carbocycles. The van der Waals surface area contributed by atoms with Crippen molar-refractivity contribution < 1.29 is 4.74 Å². The van der Waals surface area contributed by atoms with Crippen LogP contribution in [0.1, 0.15) is 28.9 Å². The monoisotopic (exact) mass is 374 g/mol. The zero-order chi connectivity index (χ0) is 18.4. The predicted octanol–water partition coefficient (Wildman–Crippen LogP) is 5.28. The summed E-state index contributed by atoms with van der Waals surface area (Å²) in [6.07, 6.45) is 0.0248. The lowest BCUT2D eigenvalue weighted by atomic mass is 10.0. The van der Waals surface area contributed by atoms with E-state index in [4.69, 9.17) is 21.3 Å². The fraction of sp³-hybridized carbons (Fsp3) is 0.174. The van der Waals surface area contributed by atoms with Crippen molar-refractivity contribution in [3.8, 4) is 5.75 Å². The number of hydrogen-bond donors (Lipinski definition) is 0. The summed E-state index contributed by atoms with van der Waals surface area (Å²) in [5.74, 6) is 0.862. The highest BCUT2D eigenvalue weighted by molar-refractivity contribution is 6.30. The maximum Gasteiger partial charge on any atom is 0.129 e. The van der Waals surface area contributed by atoms with Crippen molar-refractivity contribution >= 4 is 17.3 Å². The number of benzene rings is 3. The molecule has 3 aromatic rings. The molecule has 27 heavy (non-hydrogen) atoms. The number of methoxy groups -OCH3 is 1. The van der Waals surface area contributed by atoms with Gasteiger partial charge in [-0.1, -0.05) is 66.2 Å². The van der Waals surface area contributed by atoms with Crippen LogP contribution in [0.2, 0.25) is 5.02 Å². The number of hydrogen-bond acceptors (Lipinski definition) is 3. The first-order valence-electron chi connectivity index (χ1n) is 9.06. The Labute approximate surface area is 163 Å². The predicted molar refractivity (Wildman–Crippen MR) is 109 cm³/mol. The fourth-order valence-electron chi connectivity index (χ4n) is 4.01. The van der Waals surface area contributed by atoms with Gasteiger partial charge in [0.05, 0.1) is 24.9 Å². The second kappa shape index (κ2) is 6.52. The van der Waals surface area contributed by atoms with Crippen LogP contribution in [0.3, 0.4) is 0 Å². The molecule has 4 atom stereocenters. The molecular formula is C23H19ClN2O. The zero-order valence-electron chi connectivity index (χ0n) is 14.9. The third-order valence-electron chi connectivity index (χ3n) is 5.37. The van der Waals surface area contributed by atoms with E-state index in [1.807, 2.05) is 24.3 Å². The number of rotatable bonds is 4. The van der Waals surface area contributed by atoms with Crippen LogP contribution in [0.5, 0.6) is 5.75 Å². The van der Waals surface area contributed by atoms with Crippen molar-refractivity contribution in [2.24, 2.45) is 4.99 Å². The third-order valence-corrected chi connectivity index (χ3v) is 5.62. The van der Waals surface area contributed by atoms with Crippen LogP contribution < -0.4 is 4.74 Å². The van der Waals surface area contributed by atoms with Gasteiger partial charge in [0, 0.05) is 5.02 Å². The topological polar surface area (TPSA) is 24.6 Å². The molecular weight excluding hydrogens is 356 g/mol. The number of nitrogens with zero attached hydrogens (tertiary/aromatic N) is 2. The first-order chi connectivity index (χ1) is 13.3. The van der Waals surface area contributed by atoms with Crippen LogP contribution in [0.15, 0.2) is 83.9 Å². The van der Waals surface area contributed by atoms with E-state index in [1.165, 1.54) is 11.1 Å². The molecule has 0 N–H and O–H groups in total. The highest BCUT2D eigenvalue weighted by Gasteiger charge is 2.59. The van der Waals surface area contributed by atoms with E-state index in [9.17, 15) is 0 Å². The average molecular weight is 375 g/mol. The maximum absolute atomic E-state index is 6.08. The van der Waals surface area contributed by atoms with Gasteiger partial charge in [0.15, 0.2) is 0 Å². The molecule has 3 nitrogen and oxygen atoms in total. The van der Waals surface area contributed by atoms with Crippen molar-refractivity contribution in [2.75, 3.05) is 7.11 Å². The van der Waals surface area contributed by atoms with Crippen LogP contribution in [0.4, 0.5) is 0 Å². The molecule has 0 amide bonds. The van der Waals surface area contributed by atoms with E-state index in [0.29, 0.717) is 12.1 Å². The van der Waals surface area contributed by atoms with Gasteiger partial charge in [-0.05, 0) is 41.0 Å². The van der Waals surface area contributed by atoms with Gasteiger partial charge in [0.1, 0.15) is 11.9 Å². The third kappa shape index (κ3) is 2.84. The van der Waals surface area contributed by atoms with Gasteiger partial charge in [-0.3, -0.25) is 9.89 Å². The maximum atomic E-state index is 6.08. The van der Waals surface area contributed by atoms with Gasteiger partial charge in [-0.25, -0.2) is 0 Å². The summed E-state index contributed by atoms with van der Waals surface area (Å²) in [5, 5.41) is 0.747. The minimum atomic E-state index is 0.0248. The first-order valence-corrected chi connectivity index (χ1v) is 9.44. The lowest BCUT2D eigenvalue weighted by molar-refractivity contribution is 0.400. The summed E-state index contributed by atoms with van der Waals surface area (Å²) < 4.78 is 5.30. The summed E-state index contributed by atoms with van der Waals surface area (Å²) >= 11 is 6.08. The van der Waals surface area contributed by atoms with Crippen molar-refractivity contribution in [1.29, 1.82) is 0 Å². The summed E-state index contributed by atoms with van der Waals surface area (Å²) in [6, 6.07) is 27.6. The van der Waals surface area contributed by atoms with Crippen molar-refractivity contribution in [2.45, 2.75) is 18.2 Å². The Hall–Kier alpha value is -2.62. The van der Waals surface area contributed by atoms with Gasteiger partial charge < -0.3 is 4.74 Å². The molecule has 4 heteroatoms. The van der Waals surface area contributed by atoms with E-state index in [1.54, 1.807) is 7.11 Å². The smallest absolute Gasteiger partial charge is 0.129 e. The number of halogens is 1. The Morgan fingerprint density at radius 2 is 1.52 bits per heavy atom. The molecule has 2 heterocycles. The summed E-state index contributed by atoms with van der Waals surface area (Å²) in [5.41, 5.74) is 4.80. The second-order valence-electron chi connectivity index (χ2n) is 6.92. The molecule has 0 aromatic heterocycles. The van der Waals surface area contributed by atoms with Crippen LogP contribution in [0, 0.1) is 0 Å². The van der Waals surface area contributed by atoms with Crippen LogP contribution in [-0.2, 0) is 0 Å². The van der Waals surface area contributed by atoms with Gasteiger partial charge >= 0.3 is 0 Å². The van der Waals surface area contributed by atoms with Crippen LogP contribution in [0.25, 0.3) is 0 Å². The van der Waals surface area contributed by atoms with Gasteiger partial charge in [-0.2, -0.15) is 0 Å². The van der Waals surface area contributed by atoms with Crippen molar-refractivity contribution in [1.82, 2.24) is 4.90 Å². The normalized spacial score (nSPS) is 25.6. The molecule has 0 radical (unpaired) electrons. The van der Waals surface area contributed by atoms with E-state index in [0.717, 1.165) is 22.0 Å². The Morgan fingerprint density at radius 3 is 2.19 bits per heavy atom. The molecule has 134 valence electrons. The van der Waals surface area contributed by atoms with Gasteiger partial charge in [0.2, 0.25) is 0 Å². The number of ether oxygens (including phenoxy) is 1. The minimum absolute atomic E-state index is 0.0248. The highest BCUT2D eigenvalue weighted by Crippen LogP contribution is 2.55. The molecule has 5 rings (SSSR count). The van der Waals surface area contributed by atoms with E-state index in [-0.39, 0.29) is 6.17 Å². The SMILES string of the molecule is COc1ccc([C@@H]2N=C(c3ccc(Cl)cc3)[C@H]3[C@@H](c4ccccc4)N23)cc1. The molecule has 0 saturated carbocycles. The zero-order valence-corrected chi connectivity index (χ0v) is 15.7. The minimum Gasteiger partial charge on any atom is -0.497 e. The molecule has 2 aliphatic rings. The summed E-state index contributed by atoms with van der Waals surface area (Å²) in [7, 11) is 1.69. The number of aliphatic imine (C=N–C) groups is 1. The largest absolute Gasteiger partial charge is 0.497 e. The second-order valence-corrected chi connectivity index (χ2v) is 7.35. The molecule has 2 aliphatic heterocycles. The van der Waals surface area contributed by atoms with Crippen molar-refractivity contribution in [3.63, 3.8) is 0 Å². The van der Waals surface area contributed by atoms with Crippen LogP contribution in [-0.4, -0.2) is 23.8 Å². The molecule has 1 fully saturated rings. The molecule has 1 saturated heterocycles. The Bertz CT molecular complexity index is 983. The Balaban J connectivity index is 1.54. The summed E-state index contributed by atoms with van der Waals surface area (Å²) in [4.78, 5) is 7.55. The standard InChI is InChI=1S/C23H19ClN2O/c1-27-19-13-9-17(10-14-19)23-25-20(15-7-11-18(24)12-8-15)22-21(26(22)23)16-5-3-2-4-6-16/h2-14,21-23H,1H3/t21-,22+,23-,26?/m1/s1. The first kappa shape index (κ1) is 16.5. The number of fused-ring (bicyclic) bond motifs is 1. The van der Waals surface area contributed by atoms with Crippen LogP contribution >= 0.6 is 11.6 Å². The Kier molecular flexibility index (Phi) is 4.00. The molecule has 0 spiro atoms.